The first-order valence-electron chi connectivity index (χ1n) is 8.01. The summed E-state index contributed by atoms with van der Waals surface area (Å²) in [5.41, 5.74) is -0.588. The van der Waals surface area contributed by atoms with E-state index in [1.54, 1.807) is 6.07 Å². The minimum atomic E-state index is -4.49. The number of carbonyl (C=O) groups excluding carboxylic acids is 2. The quantitative estimate of drug-likeness (QED) is 0.648. The molecule has 3 heterocycles. The predicted molar refractivity (Wildman–Crippen MR) is 92.5 cm³/mol. The van der Waals surface area contributed by atoms with Crippen molar-refractivity contribution in [2.45, 2.75) is 32.5 Å². The number of thiophene rings is 1. The Balaban J connectivity index is 1.59. The van der Waals surface area contributed by atoms with Crippen LogP contribution >= 0.6 is 11.3 Å². The Bertz CT molecular complexity index is 994. The molecule has 0 fully saturated rings. The van der Waals surface area contributed by atoms with E-state index in [2.05, 4.69) is 15.5 Å². The number of aryl methyl sites for hydroxylation is 1. The van der Waals surface area contributed by atoms with Crippen LogP contribution in [0.2, 0.25) is 0 Å². The zero-order chi connectivity index (χ0) is 19.6. The summed E-state index contributed by atoms with van der Waals surface area (Å²) in [5.74, 6) is -0.337. The summed E-state index contributed by atoms with van der Waals surface area (Å²) < 4.78 is 39.7. The molecule has 6 nitrogen and oxygen atoms in total. The molecule has 3 aromatic rings. The van der Waals surface area contributed by atoms with Gasteiger partial charge in [0.2, 0.25) is 5.91 Å². The first-order chi connectivity index (χ1) is 12.7. The van der Waals surface area contributed by atoms with E-state index >= 15 is 0 Å². The number of hydrogen-bond acceptors (Lipinski definition) is 5. The lowest BCUT2D eigenvalue weighted by molar-refractivity contribution is -0.137. The first-order valence-corrected chi connectivity index (χ1v) is 8.83. The molecule has 0 saturated carbocycles. The maximum absolute atomic E-state index is 12.8. The van der Waals surface area contributed by atoms with Crippen molar-refractivity contribution in [3.63, 3.8) is 0 Å². The van der Waals surface area contributed by atoms with Crippen LogP contribution in [0.1, 0.15) is 38.8 Å². The summed E-state index contributed by atoms with van der Waals surface area (Å²) in [6.45, 7) is 1.80. The van der Waals surface area contributed by atoms with E-state index in [-0.39, 0.29) is 42.5 Å². The second-order valence-corrected chi connectivity index (χ2v) is 7.16. The zero-order valence-electron chi connectivity index (χ0n) is 14.2. The normalized spacial score (nSPS) is 11.7. The lowest BCUT2D eigenvalue weighted by Crippen LogP contribution is -2.24. The number of Topliss-reactive ketones (excluding diaryl/α,β-unsaturated/α-hetero) is 1. The van der Waals surface area contributed by atoms with Gasteiger partial charge >= 0.3 is 6.18 Å². The van der Waals surface area contributed by atoms with Gasteiger partial charge in [0.15, 0.2) is 17.3 Å². The summed E-state index contributed by atoms with van der Waals surface area (Å²) >= 11 is 1.37. The molecule has 1 N–H and O–H groups in total. The van der Waals surface area contributed by atoms with Crippen LogP contribution in [-0.4, -0.2) is 26.3 Å². The highest BCUT2D eigenvalue weighted by molar-refractivity contribution is 7.14. The predicted octanol–water partition coefficient (Wildman–Crippen LogP) is 3.40. The number of ketones is 1. The summed E-state index contributed by atoms with van der Waals surface area (Å²) in [4.78, 5) is 25.6. The number of aromatic nitrogens is 3. The van der Waals surface area contributed by atoms with Crippen LogP contribution in [0.4, 0.5) is 13.2 Å². The third-order valence-corrected chi connectivity index (χ3v) is 4.88. The van der Waals surface area contributed by atoms with E-state index in [9.17, 15) is 22.8 Å². The Kier molecular flexibility index (Phi) is 5.26. The number of amides is 1. The molecule has 3 rings (SSSR count). The molecule has 0 saturated heterocycles. The van der Waals surface area contributed by atoms with Crippen LogP contribution in [0.25, 0.3) is 5.65 Å². The van der Waals surface area contributed by atoms with Gasteiger partial charge < -0.3 is 5.32 Å². The number of hydrogen-bond donors (Lipinski definition) is 1. The Labute approximate surface area is 156 Å². The highest BCUT2D eigenvalue weighted by Crippen LogP contribution is 2.29. The molecule has 0 radical (unpaired) electrons. The van der Waals surface area contributed by atoms with E-state index in [0.717, 1.165) is 17.1 Å². The standard InChI is InChI=1S/C17H15F3N4O2S/c1-10-2-5-13(27-10)12(25)4-7-16(26)21-8-15-23-22-14-6-3-11(9-24(14)15)17(18,19)20/h2-3,5-6,9H,4,7-8H2,1H3,(H,21,26). The molecule has 0 spiro atoms. The van der Waals surface area contributed by atoms with E-state index < -0.39 is 11.7 Å². The third-order valence-electron chi connectivity index (χ3n) is 3.84. The Hall–Kier alpha value is -2.75. The van der Waals surface area contributed by atoms with Gasteiger partial charge in [0.05, 0.1) is 17.0 Å². The molecule has 0 bridgehead atoms. The monoisotopic (exact) mass is 396 g/mol. The van der Waals surface area contributed by atoms with Gasteiger partial charge in [-0.25, -0.2) is 0 Å². The number of halogens is 3. The van der Waals surface area contributed by atoms with Crippen molar-refractivity contribution in [2.24, 2.45) is 0 Å². The summed E-state index contributed by atoms with van der Waals surface area (Å²) in [7, 11) is 0. The summed E-state index contributed by atoms with van der Waals surface area (Å²) in [5, 5.41) is 10.1. The fourth-order valence-electron chi connectivity index (χ4n) is 2.43. The van der Waals surface area contributed by atoms with Crippen LogP contribution in [0, 0.1) is 6.92 Å². The molecule has 0 aliphatic carbocycles. The number of fused-ring (bicyclic) bond motifs is 1. The molecular weight excluding hydrogens is 381 g/mol. The molecule has 27 heavy (non-hydrogen) atoms. The van der Waals surface area contributed by atoms with Crippen molar-refractivity contribution in [3.8, 4) is 0 Å². The third kappa shape index (κ3) is 4.51. The van der Waals surface area contributed by atoms with Gasteiger partial charge in [-0.05, 0) is 31.2 Å². The van der Waals surface area contributed by atoms with Gasteiger partial charge in [-0.3, -0.25) is 14.0 Å². The van der Waals surface area contributed by atoms with Crippen molar-refractivity contribution >= 4 is 28.7 Å². The molecule has 0 aliphatic rings. The van der Waals surface area contributed by atoms with Crippen LogP contribution in [0.15, 0.2) is 30.5 Å². The van der Waals surface area contributed by atoms with E-state index in [1.165, 1.54) is 21.8 Å². The molecule has 3 aromatic heterocycles. The van der Waals surface area contributed by atoms with Gasteiger partial charge in [0, 0.05) is 23.9 Å². The summed E-state index contributed by atoms with van der Waals surface area (Å²) in [6.07, 6.45) is -3.55. The average molecular weight is 396 g/mol. The number of nitrogens with zero attached hydrogens (tertiary/aromatic N) is 3. The molecule has 0 unspecified atom stereocenters. The van der Waals surface area contributed by atoms with Crippen molar-refractivity contribution in [3.05, 3.63) is 51.6 Å². The largest absolute Gasteiger partial charge is 0.417 e. The Morgan fingerprint density at radius 1 is 1.15 bits per heavy atom. The topological polar surface area (TPSA) is 76.4 Å². The lowest BCUT2D eigenvalue weighted by atomic mass is 10.2. The lowest BCUT2D eigenvalue weighted by Gasteiger charge is -2.08. The van der Waals surface area contributed by atoms with E-state index in [4.69, 9.17) is 0 Å². The summed E-state index contributed by atoms with van der Waals surface area (Å²) in [6, 6.07) is 5.69. The van der Waals surface area contributed by atoms with Crippen LogP contribution in [0.3, 0.4) is 0 Å². The molecule has 0 aromatic carbocycles. The first kappa shape index (κ1) is 19.0. The fourth-order valence-corrected chi connectivity index (χ4v) is 3.26. The zero-order valence-corrected chi connectivity index (χ0v) is 15.0. The molecule has 1 amide bonds. The van der Waals surface area contributed by atoms with Gasteiger partial charge in [-0.1, -0.05) is 0 Å². The van der Waals surface area contributed by atoms with Crippen molar-refractivity contribution in [1.29, 1.82) is 0 Å². The van der Waals surface area contributed by atoms with Crippen molar-refractivity contribution in [1.82, 2.24) is 19.9 Å². The Morgan fingerprint density at radius 3 is 2.59 bits per heavy atom. The van der Waals surface area contributed by atoms with Crippen molar-refractivity contribution in [2.75, 3.05) is 0 Å². The molecular formula is C17H15F3N4O2S. The fraction of sp³-hybridized carbons (Fsp3) is 0.294. The maximum atomic E-state index is 12.8. The van der Waals surface area contributed by atoms with Crippen LogP contribution in [-0.2, 0) is 17.5 Å². The average Bonchev–Trinajstić information content (AvgIpc) is 3.22. The van der Waals surface area contributed by atoms with Crippen LogP contribution < -0.4 is 5.32 Å². The number of carbonyl (C=O) groups is 2. The minimum Gasteiger partial charge on any atom is -0.349 e. The number of alkyl halides is 3. The molecule has 0 atom stereocenters. The maximum Gasteiger partial charge on any atom is 0.417 e. The van der Waals surface area contributed by atoms with Gasteiger partial charge in [0.1, 0.15) is 0 Å². The Morgan fingerprint density at radius 2 is 1.93 bits per heavy atom. The van der Waals surface area contributed by atoms with Crippen LogP contribution in [0.5, 0.6) is 0 Å². The molecule has 10 heteroatoms. The number of nitrogens with one attached hydrogen (secondary N) is 1. The highest BCUT2D eigenvalue weighted by atomic mass is 32.1. The van der Waals surface area contributed by atoms with E-state index in [1.807, 2.05) is 13.0 Å². The second-order valence-electron chi connectivity index (χ2n) is 5.87. The smallest absolute Gasteiger partial charge is 0.349 e. The SMILES string of the molecule is Cc1ccc(C(=O)CCC(=O)NCc2nnc3ccc(C(F)(F)F)cn23)s1. The second kappa shape index (κ2) is 7.47. The molecule has 0 aliphatic heterocycles. The van der Waals surface area contributed by atoms with Gasteiger partial charge in [0.25, 0.3) is 0 Å². The van der Waals surface area contributed by atoms with Crippen molar-refractivity contribution < 1.29 is 22.8 Å². The molecule has 142 valence electrons. The van der Waals surface area contributed by atoms with Gasteiger partial charge in [-0.2, -0.15) is 13.2 Å². The van der Waals surface area contributed by atoms with Gasteiger partial charge in [-0.15, -0.1) is 21.5 Å². The highest BCUT2D eigenvalue weighted by Gasteiger charge is 2.31. The van der Waals surface area contributed by atoms with E-state index in [0.29, 0.717) is 4.88 Å². The minimum absolute atomic E-state index is 0.0136. The number of rotatable bonds is 6. The number of pyridine rings is 1.